The Kier molecular flexibility index (Phi) is 7.01. The molecule has 3 aromatic rings. The van der Waals surface area contributed by atoms with Crippen molar-refractivity contribution >= 4 is 21.3 Å². The van der Waals surface area contributed by atoms with Crippen molar-refractivity contribution in [2.75, 3.05) is 29.5 Å². The third kappa shape index (κ3) is 5.55. The van der Waals surface area contributed by atoms with Crippen LogP contribution < -0.4 is 10.2 Å². The SMILES string of the molecule is N#CC1(NC(=O)C2CC(F)CCC2c2nn(-c3ncccc3F)cc2-c2ccc(N3CCS(=N)(=O)CC3)cc2)CC1. The minimum absolute atomic E-state index is 0.0190. The third-order valence-corrected chi connectivity index (χ3v) is 10.1. The normalized spacial score (nSPS) is 24.8. The summed E-state index contributed by atoms with van der Waals surface area (Å²) in [6, 6.07) is 12.7. The molecule has 1 saturated heterocycles. The highest BCUT2D eigenvalue weighted by Gasteiger charge is 2.48. The predicted octanol–water partition coefficient (Wildman–Crippen LogP) is 4.33. The van der Waals surface area contributed by atoms with Crippen LogP contribution in [0.2, 0.25) is 0 Å². The highest BCUT2D eigenvalue weighted by Crippen LogP contribution is 2.44. The van der Waals surface area contributed by atoms with E-state index in [4.69, 9.17) is 9.88 Å². The molecule has 41 heavy (non-hydrogen) atoms. The largest absolute Gasteiger partial charge is 0.370 e. The smallest absolute Gasteiger partial charge is 0.225 e. The number of hydrogen-bond acceptors (Lipinski definition) is 7. The summed E-state index contributed by atoms with van der Waals surface area (Å²) in [6.45, 7) is 1.08. The van der Waals surface area contributed by atoms with E-state index >= 15 is 0 Å². The lowest BCUT2D eigenvalue weighted by atomic mass is 9.74. The lowest BCUT2D eigenvalue weighted by molar-refractivity contribution is -0.128. The fourth-order valence-corrected chi connectivity index (χ4v) is 7.07. The number of nitriles is 1. The minimum atomic E-state index is -2.51. The van der Waals surface area contributed by atoms with Gasteiger partial charge in [-0.1, -0.05) is 12.1 Å². The van der Waals surface area contributed by atoms with E-state index in [0.29, 0.717) is 55.1 Å². The van der Waals surface area contributed by atoms with Gasteiger partial charge in [0, 0.05) is 69.8 Å². The monoisotopic (exact) mass is 579 g/mol. The van der Waals surface area contributed by atoms with Gasteiger partial charge in [0.2, 0.25) is 5.91 Å². The Hall–Kier alpha value is -3.85. The van der Waals surface area contributed by atoms with Crippen LogP contribution >= 0.6 is 0 Å². The first kappa shape index (κ1) is 27.3. The number of nitrogens with zero attached hydrogens (tertiary/aromatic N) is 5. The average Bonchev–Trinajstić information content (AvgIpc) is 3.60. The lowest BCUT2D eigenvalue weighted by Crippen LogP contribution is -2.44. The summed E-state index contributed by atoms with van der Waals surface area (Å²) in [7, 11) is -2.51. The van der Waals surface area contributed by atoms with Crippen molar-refractivity contribution in [3.63, 3.8) is 0 Å². The molecule has 1 aromatic carbocycles. The molecule has 12 heteroatoms. The number of pyridine rings is 1. The first-order valence-corrected chi connectivity index (χ1v) is 15.7. The fraction of sp³-hybridized carbons (Fsp3) is 0.448. The number of anilines is 1. The van der Waals surface area contributed by atoms with E-state index in [1.54, 1.807) is 6.20 Å². The van der Waals surface area contributed by atoms with Crippen molar-refractivity contribution in [3.8, 4) is 23.0 Å². The number of carbonyl (C=O) groups excluding carboxylic acids is 1. The van der Waals surface area contributed by atoms with Gasteiger partial charge in [0.15, 0.2) is 11.6 Å². The summed E-state index contributed by atoms with van der Waals surface area (Å²) >= 11 is 0. The van der Waals surface area contributed by atoms with Gasteiger partial charge >= 0.3 is 0 Å². The van der Waals surface area contributed by atoms with Crippen LogP contribution in [0.15, 0.2) is 48.8 Å². The minimum Gasteiger partial charge on any atom is -0.370 e. The highest BCUT2D eigenvalue weighted by molar-refractivity contribution is 7.92. The third-order valence-electron chi connectivity index (χ3n) is 8.42. The molecule has 9 nitrogen and oxygen atoms in total. The maximum Gasteiger partial charge on any atom is 0.225 e. The summed E-state index contributed by atoms with van der Waals surface area (Å²) in [5.74, 6) is -1.40. The Bertz CT molecular complexity index is 1600. The average molecular weight is 580 g/mol. The number of benzene rings is 1. The number of halogens is 2. The zero-order valence-electron chi connectivity index (χ0n) is 22.4. The molecule has 1 aliphatic heterocycles. The second-order valence-electron chi connectivity index (χ2n) is 11.2. The van der Waals surface area contributed by atoms with Crippen LogP contribution in [0.4, 0.5) is 14.5 Å². The summed E-state index contributed by atoms with van der Waals surface area (Å²) in [6.07, 6.45) is 3.86. The number of aromatic nitrogens is 3. The van der Waals surface area contributed by atoms with Crippen molar-refractivity contribution in [1.29, 1.82) is 10.0 Å². The van der Waals surface area contributed by atoms with E-state index in [1.165, 1.54) is 23.0 Å². The van der Waals surface area contributed by atoms with Crippen LogP contribution in [0.1, 0.15) is 43.7 Å². The molecule has 3 aliphatic rings. The molecule has 2 aromatic heterocycles. The Morgan fingerprint density at radius 3 is 2.56 bits per heavy atom. The molecule has 3 heterocycles. The molecule has 2 aliphatic carbocycles. The van der Waals surface area contributed by atoms with Gasteiger partial charge in [0.25, 0.3) is 0 Å². The molecule has 1 amide bonds. The molecule has 6 rings (SSSR count). The van der Waals surface area contributed by atoms with Gasteiger partial charge in [-0.05, 0) is 61.9 Å². The van der Waals surface area contributed by atoms with Gasteiger partial charge in [-0.25, -0.2) is 22.7 Å². The van der Waals surface area contributed by atoms with E-state index in [9.17, 15) is 23.0 Å². The molecule has 3 fully saturated rings. The predicted molar refractivity (Wildman–Crippen MR) is 150 cm³/mol. The van der Waals surface area contributed by atoms with E-state index < -0.39 is 39.1 Å². The first-order chi connectivity index (χ1) is 19.7. The molecule has 214 valence electrons. The van der Waals surface area contributed by atoms with Gasteiger partial charge in [0.05, 0.1) is 11.8 Å². The number of nitrogens with one attached hydrogen (secondary N) is 2. The van der Waals surface area contributed by atoms with Crippen LogP contribution in [0, 0.1) is 27.8 Å². The van der Waals surface area contributed by atoms with Gasteiger partial charge in [-0.15, -0.1) is 0 Å². The van der Waals surface area contributed by atoms with Gasteiger partial charge in [0.1, 0.15) is 11.7 Å². The highest BCUT2D eigenvalue weighted by atomic mass is 32.2. The Labute approximate surface area is 237 Å². The number of hydrogen-bond donors (Lipinski definition) is 2. The molecule has 2 N–H and O–H groups in total. The maximum atomic E-state index is 14.8. The Morgan fingerprint density at radius 2 is 1.90 bits per heavy atom. The first-order valence-electron chi connectivity index (χ1n) is 13.8. The molecule has 2 saturated carbocycles. The van der Waals surface area contributed by atoms with E-state index in [2.05, 4.69) is 21.3 Å². The summed E-state index contributed by atoms with van der Waals surface area (Å²) in [4.78, 5) is 19.7. The number of carbonyl (C=O) groups is 1. The van der Waals surface area contributed by atoms with Gasteiger partial charge < -0.3 is 10.2 Å². The molecule has 0 spiro atoms. The summed E-state index contributed by atoms with van der Waals surface area (Å²) < 4.78 is 50.7. The van der Waals surface area contributed by atoms with Gasteiger partial charge in [-0.2, -0.15) is 10.4 Å². The van der Waals surface area contributed by atoms with Crippen molar-refractivity contribution in [2.45, 2.75) is 49.7 Å². The fourth-order valence-electron chi connectivity index (χ4n) is 5.83. The van der Waals surface area contributed by atoms with Crippen molar-refractivity contribution in [3.05, 3.63) is 60.3 Å². The molecule has 3 atom stereocenters. The lowest BCUT2D eigenvalue weighted by Gasteiger charge is -2.32. The summed E-state index contributed by atoms with van der Waals surface area (Å²) in [5, 5.41) is 17.1. The molecule has 3 unspecified atom stereocenters. The zero-order chi connectivity index (χ0) is 28.8. The van der Waals surface area contributed by atoms with E-state index in [1.807, 2.05) is 24.3 Å². The number of alkyl halides is 1. The van der Waals surface area contributed by atoms with Crippen LogP contribution in [0.5, 0.6) is 0 Å². The molecular formula is C29H31F2N7O2S. The van der Waals surface area contributed by atoms with Crippen LogP contribution in [-0.4, -0.2) is 61.2 Å². The second-order valence-corrected chi connectivity index (χ2v) is 13.7. The van der Waals surface area contributed by atoms with Crippen molar-refractivity contribution in [1.82, 2.24) is 20.1 Å². The maximum absolute atomic E-state index is 14.8. The second kappa shape index (κ2) is 10.5. The standard InChI is InChI=1S/C29H31F2N7O2S/c30-20-5-8-22(23(16-20)28(39)35-29(18-32)9-10-29)26-24(17-38(36-26)27-25(31)2-1-11-34-27)19-3-6-21(7-4-19)37-12-14-41(33,40)15-13-37/h1-4,6-7,11,17,20,22-23,33H,5,8-10,12-16H2,(H,35,39). The van der Waals surface area contributed by atoms with Crippen LogP contribution in [0.25, 0.3) is 16.9 Å². The number of rotatable bonds is 6. The van der Waals surface area contributed by atoms with Crippen LogP contribution in [-0.2, 0) is 14.5 Å². The Morgan fingerprint density at radius 1 is 1.17 bits per heavy atom. The molecule has 0 bridgehead atoms. The van der Waals surface area contributed by atoms with Crippen molar-refractivity contribution in [2.24, 2.45) is 5.92 Å². The molecule has 0 radical (unpaired) electrons. The summed E-state index contributed by atoms with van der Waals surface area (Å²) in [5.41, 5.74) is 2.11. The Balaban J connectivity index is 1.37. The quantitative estimate of drug-likeness (QED) is 0.447. The topological polar surface area (TPSA) is 128 Å². The molecular weight excluding hydrogens is 548 g/mol. The zero-order valence-corrected chi connectivity index (χ0v) is 23.2. The van der Waals surface area contributed by atoms with Crippen LogP contribution in [0.3, 0.4) is 0 Å². The van der Waals surface area contributed by atoms with Gasteiger partial charge in [-0.3, -0.25) is 9.57 Å². The van der Waals surface area contributed by atoms with E-state index in [0.717, 1.165) is 11.3 Å². The van der Waals surface area contributed by atoms with Crippen molar-refractivity contribution < 1.29 is 17.8 Å². The van der Waals surface area contributed by atoms with E-state index in [-0.39, 0.29) is 24.6 Å². The number of amides is 1.